The number of primary amides is 3. The molecule has 0 bridgehead atoms. The molecule has 0 aliphatic carbocycles. The first-order valence-electron chi connectivity index (χ1n) is 34.9. The number of aromatic nitrogens is 4. The Kier molecular flexibility index (Phi) is 32.4. The fraction of sp³-hybridized carbons (Fsp3) is 0.437. The Hall–Kier alpha value is -11.9. The summed E-state index contributed by atoms with van der Waals surface area (Å²) in [7, 11) is 1.69. The van der Waals surface area contributed by atoms with Crippen molar-refractivity contribution in [3.8, 4) is 0 Å². The molecule has 3 heterocycles. The second kappa shape index (κ2) is 41.1. The number of nitrogens with zero attached hydrogens (tertiary/aromatic N) is 2. The van der Waals surface area contributed by atoms with E-state index in [9.17, 15) is 72.2 Å². The summed E-state index contributed by atoms with van der Waals surface area (Å²) in [5.41, 5.74) is 25.7. The molecular weight excluding hydrogens is 1420 g/mol. The fourth-order valence-electron chi connectivity index (χ4n) is 11.5. The van der Waals surface area contributed by atoms with Gasteiger partial charge in [-0.2, -0.15) is 0 Å². The van der Waals surface area contributed by atoms with Crippen molar-refractivity contribution in [2.24, 2.45) is 47.7 Å². The van der Waals surface area contributed by atoms with E-state index >= 15 is 0 Å². The van der Waals surface area contributed by atoms with Crippen LogP contribution >= 0.6 is 11.8 Å². The van der Waals surface area contributed by atoms with Crippen LogP contribution in [0.25, 0.3) is 21.8 Å². The van der Waals surface area contributed by atoms with E-state index in [-0.39, 0.29) is 63.3 Å². The number of carbonyl (C=O) groups excluding carboxylic acids is 14. The van der Waals surface area contributed by atoms with Crippen molar-refractivity contribution in [2.75, 3.05) is 13.2 Å². The van der Waals surface area contributed by atoms with Crippen molar-refractivity contribution < 1.29 is 72.2 Å². The number of fused-ring (bicyclic) bond motifs is 2. The SMILES string of the molecule is CCC[C@H](NC(=O)[C@H](Cc1ccccc1)NC(=O)S[C@H](NC(=O)[C@@H](NC(=O)[C@H](Cc1c[nH]c2ccccc12)NC(=O)[C@H](Cc1cncn1C)NC(=O)[C@H](NC(=O)[C@@H](C)Cc1c[nH]c2ccccc12)C(C)C)C(C)C)C(N)=O)C(=O)N[C@@H](CO)C(=O)NC(=O)N[C@@H](CCCNC(=N)N)C(=O)N[C@@H](CC(N)=O)C(N)=O. The zero-order valence-electron chi connectivity index (χ0n) is 60.9. The summed E-state index contributed by atoms with van der Waals surface area (Å²) in [4.78, 5) is 203. The number of aromatic amines is 2. The van der Waals surface area contributed by atoms with E-state index in [1.54, 1.807) is 114 Å². The van der Waals surface area contributed by atoms with Crippen molar-refractivity contribution in [2.45, 2.75) is 159 Å². The molecule has 3 aromatic carbocycles. The third-order valence-corrected chi connectivity index (χ3v) is 18.3. The third kappa shape index (κ3) is 25.7. The summed E-state index contributed by atoms with van der Waals surface area (Å²) in [5, 5.41) is 46.2. The highest BCUT2D eigenvalue weighted by Crippen LogP contribution is 2.23. The van der Waals surface area contributed by atoms with Crippen LogP contribution in [0.15, 0.2) is 104 Å². The number of aryl methyl sites for hydroxylation is 1. The van der Waals surface area contributed by atoms with Gasteiger partial charge in [-0.3, -0.25) is 73.1 Å². The number of imidazole rings is 1. The van der Waals surface area contributed by atoms with Gasteiger partial charge in [-0.05, 0) is 78.1 Å². The monoisotopic (exact) mass is 1520 g/mol. The maximum absolute atomic E-state index is 15.0. The smallest absolute Gasteiger partial charge is 0.322 e. The van der Waals surface area contributed by atoms with Gasteiger partial charge in [0.1, 0.15) is 54.4 Å². The van der Waals surface area contributed by atoms with Crippen LogP contribution in [0.2, 0.25) is 0 Å². The van der Waals surface area contributed by atoms with Crippen LogP contribution in [-0.2, 0) is 90.3 Å². The minimum atomic E-state index is -1.88. The summed E-state index contributed by atoms with van der Waals surface area (Å²) in [6.45, 7) is 8.94. The van der Waals surface area contributed by atoms with Crippen LogP contribution in [0, 0.1) is 23.2 Å². The van der Waals surface area contributed by atoms with Crippen molar-refractivity contribution in [3.63, 3.8) is 0 Å². The number of guanidine groups is 1. The normalized spacial score (nSPS) is 14.3. The van der Waals surface area contributed by atoms with Gasteiger partial charge < -0.3 is 101 Å². The molecule has 3 aromatic heterocycles. The average Bonchev–Trinajstić information content (AvgIpc) is 1.63. The minimum absolute atomic E-state index is 0.0279. The van der Waals surface area contributed by atoms with Crippen LogP contribution in [0.3, 0.4) is 0 Å². The highest BCUT2D eigenvalue weighted by Gasteiger charge is 2.38. The van der Waals surface area contributed by atoms with Crippen LogP contribution in [0.4, 0.5) is 9.59 Å². The number of rotatable bonds is 41. The van der Waals surface area contributed by atoms with E-state index in [2.05, 4.69) is 73.4 Å². The molecule has 0 spiro atoms. The summed E-state index contributed by atoms with van der Waals surface area (Å²) >= 11 is 0.163. The number of imide groups is 1. The highest BCUT2D eigenvalue weighted by molar-refractivity contribution is 8.14. The standard InChI is InChI=1S/C71H97N21O15S/c1-8-17-47(60(98)85-53(34-93)65(103)91-70(106)86-48(24-16-25-78-69(75)76)61(99)82-49(57(73)95)30-54(72)94)81-62(100)50(27-39-18-10-9-11-19-39)87-71(107)108-68(58(74)96)90-67(105)56(37(4)5)89-64(102)51(28-41-32-80-46-23-15-13-21-44(41)46)83-63(101)52(29-42-33-77-35-92(42)7)84-66(104)55(36(2)3)88-59(97)38(6)26-40-31-79-45-22-14-12-20-43(40)45/h9-15,18-23,31-33,35-38,47-53,55-56,68,79-80,93H,8,16-17,24-30,34H2,1-7H3,(H2,72,94)(H2,73,95)(H2,74,96)(H,81,100)(H,82,99)(H,83,101)(H,84,104)(H,85,98)(H,87,107)(H,88,97)(H,89,102)(H,90,105)(H4,75,76,78)(H2,86,91,103,106)/t38-,47-,48-,49-,50-,51-,52-,53-,55+,56-,68-/m0/s1. The number of amides is 15. The fourth-order valence-corrected chi connectivity index (χ4v) is 12.2. The number of nitrogens with two attached hydrogens (primary N) is 4. The summed E-state index contributed by atoms with van der Waals surface area (Å²) in [6, 6.07) is 8.24. The van der Waals surface area contributed by atoms with Gasteiger partial charge in [0.05, 0.1) is 19.4 Å². The van der Waals surface area contributed by atoms with Gasteiger partial charge in [0.15, 0.2) is 11.3 Å². The largest absolute Gasteiger partial charge is 0.394 e. The first kappa shape index (κ1) is 85.0. The number of H-pyrrole nitrogens is 2. The second-order valence-corrected chi connectivity index (χ2v) is 27.7. The van der Waals surface area contributed by atoms with E-state index < -0.39 is 179 Å². The Labute approximate surface area is 626 Å². The van der Waals surface area contributed by atoms with Gasteiger partial charge in [-0.15, -0.1) is 0 Å². The average molecular weight is 1520 g/mol. The predicted molar refractivity (Wildman–Crippen MR) is 399 cm³/mol. The summed E-state index contributed by atoms with van der Waals surface area (Å²) in [6.07, 6.45) is 5.61. The molecule has 15 amide bonds. The summed E-state index contributed by atoms with van der Waals surface area (Å²) in [5.74, 6) is -13.8. The maximum atomic E-state index is 15.0. The van der Waals surface area contributed by atoms with E-state index in [0.29, 0.717) is 34.1 Å². The Balaban J connectivity index is 1.16. The highest BCUT2D eigenvalue weighted by atomic mass is 32.2. The first-order valence-corrected chi connectivity index (χ1v) is 35.8. The van der Waals surface area contributed by atoms with Crippen molar-refractivity contribution in [1.29, 1.82) is 5.41 Å². The van der Waals surface area contributed by atoms with Crippen LogP contribution in [0.5, 0.6) is 0 Å². The third-order valence-electron chi connectivity index (χ3n) is 17.4. The lowest BCUT2D eigenvalue weighted by molar-refractivity contribution is -0.135. The lowest BCUT2D eigenvalue weighted by Gasteiger charge is -2.29. The topological polar surface area (TPSA) is 581 Å². The predicted octanol–water partition coefficient (Wildman–Crippen LogP) is -1.66. The van der Waals surface area contributed by atoms with E-state index in [0.717, 1.165) is 16.5 Å². The summed E-state index contributed by atoms with van der Waals surface area (Å²) < 4.78 is 1.64. The van der Waals surface area contributed by atoms with Crippen molar-refractivity contribution in [1.82, 2.24) is 83.3 Å². The number of hydrogen-bond acceptors (Lipinski definition) is 18. The quantitative estimate of drug-likeness (QED) is 0.00884. The van der Waals surface area contributed by atoms with Crippen molar-refractivity contribution >= 4 is 122 Å². The number of hydrogen-bond donors (Lipinski definition) is 20. The Bertz CT molecular complexity index is 4200. The van der Waals surface area contributed by atoms with Crippen LogP contribution in [-0.4, -0.2) is 186 Å². The molecule has 0 aliphatic heterocycles. The molecule has 37 heteroatoms. The number of para-hydroxylation sites is 2. The number of nitrogens with one attached hydrogen (secondary N) is 15. The molecule has 11 atom stereocenters. The molecule has 108 heavy (non-hydrogen) atoms. The molecule has 0 radical (unpaired) electrons. The molecule has 24 N–H and O–H groups in total. The molecule has 582 valence electrons. The Morgan fingerprint density at radius 3 is 1.56 bits per heavy atom. The van der Waals surface area contributed by atoms with Gasteiger partial charge in [0, 0.05) is 84.9 Å². The van der Waals surface area contributed by atoms with Gasteiger partial charge >= 0.3 is 6.03 Å². The zero-order valence-corrected chi connectivity index (χ0v) is 61.7. The molecule has 0 saturated heterocycles. The molecule has 6 aromatic rings. The number of urea groups is 1. The van der Waals surface area contributed by atoms with Crippen LogP contribution < -0.4 is 86.7 Å². The van der Waals surface area contributed by atoms with Gasteiger partial charge in [-0.25, -0.2) is 9.78 Å². The maximum Gasteiger partial charge on any atom is 0.322 e. The van der Waals surface area contributed by atoms with Crippen LogP contribution in [0.1, 0.15) is 96.0 Å². The Morgan fingerprint density at radius 2 is 1.02 bits per heavy atom. The first-order chi connectivity index (χ1) is 51.3. The molecule has 0 aliphatic rings. The number of carbonyl (C=O) groups is 14. The lowest BCUT2D eigenvalue weighted by atomic mass is 9.97. The van der Waals surface area contributed by atoms with E-state index in [1.165, 1.54) is 12.5 Å². The van der Waals surface area contributed by atoms with Gasteiger partial charge in [-0.1, -0.05) is 115 Å². The molecule has 6 rings (SSSR count). The molecular formula is C71H97N21O15S. The van der Waals surface area contributed by atoms with E-state index in [1.807, 2.05) is 35.8 Å². The number of benzene rings is 3. The van der Waals surface area contributed by atoms with Crippen molar-refractivity contribution in [3.05, 3.63) is 126 Å². The molecule has 36 nitrogen and oxygen atoms in total. The van der Waals surface area contributed by atoms with Gasteiger partial charge in [0.2, 0.25) is 59.1 Å². The Morgan fingerprint density at radius 1 is 0.528 bits per heavy atom. The number of aliphatic hydroxyl groups is 1. The lowest BCUT2D eigenvalue weighted by Crippen LogP contribution is -2.61. The van der Waals surface area contributed by atoms with E-state index in [4.69, 9.17) is 28.3 Å². The second-order valence-electron chi connectivity index (χ2n) is 26.6. The molecule has 0 saturated carbocycles. The number of thioether (sulfide) groups is 1. The minimum Gasteiger partial charge on any atom is -0.394 e. The van der Waals surface area contributed by atoms with Gasteiger partial charge in [0.25, 0.3) is 17.1 Å². The number of aliphatic hydroxyl groups excluding tert-OH is 1. The molecule has 0 unspecified atom stereocenters. The zero-order chi connectivity index (χ0) is 79.5. The molecule has 0 fully saturated rings.